The van der Waals surface area contributed by atoms with Gasteiger partial charge < -0.3 is 19.7 Å². The molecule has 1 unspecified atom stereocenters. The fourth-order valence-corrected chi connectivity index (χ4v) is 2.49. The van der Waals surface area contributed by atoms with Crippen molar-refractivity contribution in [3.05, 3.63) is 58.9 Å². The van der Waals surface area contributed by atoms with E-state index in [0.717, 1.165) is 6.07 Å². The molecular weight excluding hydrogens is 319 g/mol. The van der Waals surface area contributed by atoms with Gasteiger partial charge in [0.2, 0.25) is 0 Å². The summed E-state index contributed by atoms with van der Waals surface area (Å²) in [7, 11) is 2.82. The van der Waals surface area contributed by atoms with Crippen LogP contribution in [0.15, 0.2) is 36.4 Å². The van der Waals surface area contributed by atoms with Crippen LogP contribution in [0.1, 0.15) is 27.4 Å². The lowest BCUT2D eigenvalue weighted by Gasteiger charge is -2.18. The zero-order chi connectivity index (χ0) is 17.9. The standard InChI is InChI=1S/C17H15FO6/c1-23-12-7-6-9(8-13(12)24-2)14(16(19)20)10-4-3-5-11(18)15(10)17(21)22/h3-8,14H,1-2H3,(H,19,20)(H,21,22). The summed E-state index contributed by atoms with van der Waals surface area (Å²) >= 11 is 0. The Hall–Kier alpha value is -3.09. The largest absolute Gasteiger partial charge is 0.493 e. The molecule has 0 saturated heterocycles. The molecule has 0 aliphatic heterocycles. The van der Waals surface area contributed by atoms with Gasteiger partial charge in [-0.25, -0.2) is 9.18 Å². The van der Waals surface area contributed by atoms with E-state index in [4.69, 9.17) is 9.47 Å². The van der Waals surface area contributed by atoms with Gasteiger partial charge in [-0.1, -0.05) is 18.2 Å². The van der Waals surface area contributed by atoms with Crippen molar-refractivity contribution < 1.29 is 33.7 Å². The molecule has 7 heteroatoms. The van der Waals surface area contributed by atoms with Gasteiger partial charge in [0.15, 0.2) is 11.5 Å². The molecule has 0 aromatic heterocycles. The van der Waals surface area contributed by atoms with Crippen LogP contribution in [0.4, 0.5) is 4.39 Å². The van der Waals surface area contributed by atoms with Crippen molar-refractivity contribution >= 4 is 11.9 Å². The van der Waals surface area contributed by atoms with E-state index in [1.165, 1.54) is 44.6 Å². The summed E-state index contributed by atoms with van der Waals surface area (Å²) in [6.07, 6.45) is 0. The summed E-state index contributed by atoms with van der Waals surface area (Å²) in [5, 5.41) is 18.8. The molecular formula is C17H15FO6. The number of ether oxygens (including phenoxy) is 2. The molecule has 1 atom stereocenters. The van der Waals surface area contributed by atoms with Crippen LogP contribution >= 0.6 is 0 Å². The van der Waals surface area contributed by atoms with Gasteiger partial charge in [-0.05, 0) is 29.3 Å². The molecule has 2 aromatic rings. The molecule has 126 valence electrons. The van der Waals surface area contributed by atoms with E-state index in [-0.39, 0.29) is 16.9 Å². The van der Waals surface area contributed by atoms with E-state index in [9.17, 15) is 24.2 Å². The first-order valence-electron chi connectivity index (χ1n) is 6.87. The Bertz CT molecular complexity index is 787. The first-order valence-corrected chi connectivity index (χ1v) is 6.87. The van der Waals surface area contributed by atoms with Crippen molar-refractivity contribution in [3.63, 3.8) is 0 Å². The normalized spacial score (nSPS) is 11.6. The summed E-state index contributed by atoms with van der Waals surface area (Å²) in [4.78, 5) is 23.1. The van der Waals surface area contributed by atoms with Gasteiger partial charge >= 0.3 is 11.9 Å². The minimum absolute atomic E-state index is 0.151. The highest BCUT2D eigenvalue weighted by Gasteiger charge is 2.29. The number of aliphatic carboxylic acids is 1. The predicted molar refractivity (Wildman–Crippen MR) is 82.4 cm³/mol. The molecule has 0 saturated carbocycles. The van der Waals surface area contributed by atoms with Gasteiger partial charge in [-0.3, -0.25) is 4.79 Å². The van der Waals surface area contributed by atoms with Crippen molar-refractivity contribution in [3.8, 4) is 11.5 Å². The summed E-state index contributed by atoms with van der Waals surface area (Å²) in [5.74, 6) is -4.53. The highest BCUT2D eigenvalue weighted by molar-refractivity contribution is 5.93. The van der Waals surface area contributed by atoms with E-state index < -0.39 is 29.2 Å². The van der Waals surface area contributed by atoms with Gasteiger partial charge in [0.1, 0.15) is 11.7 Å². The maximum Gasteiger partial charge on any atom is 0.339 e. The van der Waals surface area contributed by atoms with Crippen molar-refractivity contribution in [1.29, 1.82) is 0 Å². The van der Waals surface area contributed by atoms with Gasteiger partial charge in [0.25, 0.3) is 0 Å². The first-order chi connectivity index (χ1) is 11.4. The number of carbonyl (C=O) groups is 2. The number of halogens is 1. The van der Waals surface area contributed by atoms with Crippen molar-refractivity contribution in [2.45, 2.75) is 5.92 Å². The fraction of sp³-hybridized carbons (Fsp3) is 0.176. The van der Waals surface area contributed by atoms with Crippen LogP contribution < -0.4 is 9.47 Å². The average Bonchev–Trinajstić information content (AvgIpc) is 2.54. The minimum atomic E-state index is -1.53. The molecule has 0 aliphatic carbocycles. The molecule has 0 amide bonds. The number of methoxy groups -OCH3 is 2. The highest BCUT2D eigenvalue weighted by Crippen LogP contribution is 2.35. The highest BCUT2D eigenvalue weighted by atomic mass is 19.1. The zero-order valence-corrected chi connectivity index (χ0v) is 12.9. The Labute approximate surface area is 137 Å². The molecule has 6 nitrogen and oxygen atoms in total. The Balaban J connectivity index is 2.67. The molecule has 0 spiro atoms. The Kier molecular flexibility index (Phi) is 5.03. The van der Waals surface area contributed by atoms with Gasteiger partial charge in [0.05, 0.1) is 19.8 Å². The van der Waals surface area contributed by atoms with Gasteiger partial charge in [-0.15, -0.1) is 0 Å². The monoisotopic (exact) mass is 334 g/mol. The summed E-state index contributed by atoms with van der Waals surface area (Å²) < 4.78 is 24.1. The molecule has 0 heterocycles. The van der Waals surface area contributed by atoms with Crippen LogP contribution in [0.25, 0.3) is 0 Å². The third kappa shape index (κ3) is 3.15. The zero-order valence-electron chi connectivity index (χ0n) is 12.9. The van der Waals surface area contributed by atoms with Crippen molar-refractivity contribution in [2.75, 3.05) is 14.2 Å². The number of carboxylic acid groups (broad SMARTS) is 2. The van der Waals surface area contributed by atoms with Crippen LogP contribution in [-0.2, 0) is 4.79 Å². The third-order valence-electron chi connectivity index (χ3n) is 3.56. The van der Waals surface area contributed by atoms with E-state index in [0.29, 0.717) is 5.75 Å². The number of benzene rings is 2. The smallest absolute Gasteiger partial charge is 0.339 e. The SMILES string of the molecule is COc1ccc(C(C(=O)O)c2cccc(F)c2C(=O)O)cc1OC. The maximum absolute atomic E-state index is 13.9. The summed E-state index contributed by atoms with van der Waals surface area (Å²) in [5.41, 5.74) is -0.574. The molecule has 2 N–H and O–H groups in total. The molecule has 24 heavy (non-hydrogen) atoms. The Morgan fingerprint density at radius 2 is 1.71 bits per heavy atom. The number of rotatable bonds is 6. The summed E-state index contributed by atoms with van der Waals surface area (Å²) in [6, 6.07) is 7.92. The van der Waals surface area contributed by atoms with E-state index in [1.54, 1.807) is 0 Å². The lowest BCUT2D eigenvalue weighted by molar-refractivity contribution is -0.137. The molecule has 0 radical (unpaired) electrons. The summed E-state index contributed by atoms with van der Waals surface area (Å²) in [6.45, 7) is 0. The topological polar surface area (TPSA) is 93.1 Å². The molecule has 2 rings (SSSR count). The predicted octanol–water partition coefficient (Wildman–Crippen LogP) is 2.76. The van der Waals surface area contributed by atoms with E-state index in [1.807, 2.05) is 0 Å². The van der Waals surface area contributed by atoms with Crippen molar-refractivity contribution in [2.24, 2.45) is 0 Å². The average molecular weight is 334 g/mol. The fourth-order valence-electron chi connectivity index (χ4n) is 2.49. The maximum atomic E-state index is 13.9. The lowest BCUT2D eigenvalue weighted by Crippen LogP contribution is -2.18. The number of carboxylic acids is 2. The molecule has 0 aliphatic rings. The van der Waals surface area contributed by atoms with Gasteiger partial charge in [-0.2, -0.15) is 0 Å². The Morgan fingerprint density at radius 3 is 2.25 bits per heavy atom. The van der Waals surface area contributed by atoms with E-state index >= 15 is 0 Å². The Morgan fingerprint density at radius 1 is 1.04 bits per heavy atom. The quantitative estimate of drug-likeness (QED) is 0.844. The second-order valence-electron chi connectivity index (χ2n) is 4.89. The van der Waals surface area contributed by atoms with Crippen LogP contribution in [0.5, 0.6) is 11.5 Å². The van der Waals surface area contributed by atoms with Crippen LogP contribution in [0.2, 0.25) is 0 Å². The minimum Gasteiger partial charge on any atom is -0.493 e. The van der Waals surface area contributed by atoms with Crippen LogP contribution in [-0.4, -0.2) is 36.4 Å². The molecule has 0 fully saturated rings. The number of hydrogen-bond donors (Lipinski definition) is 2. The second kappa shape index (κ2) is 6.99. The van der Waals surface area contributed by atoms with Crippen LogP contribution in [0, 0.1) is 5.82 Å². The van der Waals surface area contributed by atoms with Gasteiger partial charge in [0, 0.05) is 0 Å². The first kappa shape index (κ1) is 17.3. The molecule has 2 aromatic carbocycles. The molecule has 0 bridgehead atoms. The lowest BCUT2D eigenvalue weighted by atomic mass is 9.87. The van der Waals surface area contributed by atoms with E-state index in [2.05, 4.69) is 0 Å². The van der Waals surface area contributed by atoms with Crippen molar-refractivity contribution in [1.82, 2.24) is 0 Å². The number of aromatic carboxylic acids is 1. The second-order valence-corrected chi connectivity index (χ2v) is 4.89. The van der Waals surface area contributed by atoms with Crippen LogP contribution in [0.3, 0.4) is 0 Å². The third-order valence-corrected chi connectivity index (χ3v) is 3.56. The number of hydrogen-bond acceptors (Lipinski definition) is 4.